The molecule has 0 bridgehead atoms. The van der Waals surface area contributed by atoms with Crippen LogP contribution in [0.2, 0.25) is 0 Å². The first-order valence-electron chi connectivity index (χ1n) is 47.8. The first kappa shape index (κ1) is 82.4. The lowest BCUT2D eigenvalue weighted by Crippen LogP contribution is -1.93. The zero-order valence-corrected chi connectivity index (χ0v) is 76.9. The standard InChI is InChI=1S/C34H20N4.2C32H18N4.C30H18N4/c1-2-7-26-24(5-1)25-6-3-4-8-27(25)29-19-23(11-14-28(26)29)30-15-12-21-9-10-22-13-16-31(32-20-35-17-18-36-32)38-34(22)33(21)37-30;1-2-5-22-21(4-1)24-6-3-7-25-23(12-13-26(22)30(24)25)27-14-10-19-8-9-20-11-15-28(29-18-33-16-17-34-29)36-32(20)31(19)35-27;1-2-19-4-5-21-8-12-24(25-13-9-20(3-1)29(19)30(21)25)26-14-10-22-6-7-23-11-15-27(28-18-33-16-17-34-28)36-32(23)31(22)35-26;1-2-6-22-21(5-1)17-25(24-8-4-3-7-23(22)24)26-13-11-19-9-10-20-12-14-27(28-18-31-15-16-32-28)34-30(20)29(19)33-26/h1-20H;2*1-18H;1-18H. The Morgan fingerprint density at radius 1 is 0.125 bits per heavy atom. The maximum absolute atomic E-state index is 5.19. The maximum atomic E-state index is 5.19. The number of aromatic nitrogens is 16. The monoisotopic (exact) mass is 1830 g/mol. The molecule has 0 saturated carbocycles. The number of fused-ring (bicyclic) bond motifs is 24. The molecule has 0 N–H and O–H groups in total. The van der Waals surface area contributed by atoms with Crippen LogP contribution in [0.25, 0.3) is 297 Å². The molecule has 0 amide bonds. The van der Waals surface area contributed by atoms with Gasteiger partial charge in [0.15, 0.2) is 0 Å². The van der Waals surface area contributed by atoms with Crippen molar-refractivity contribution in [1.82, 2.24) is 79.7 Å². The van der Waals surface area contributed by atoms with Crippen molar-refractivity contribution in [2.45, 2.75) is 0 Å². The second-order valence-electron chi connectivity index (χ2n) is 36.2. The van der Waals surface area contributed by atoms with E-state index < -0.39 is 0 Å². The third-order valence-electron chi connectivity index (χ3n) is 28.1. The van der Waals surface area contributed by atoms with Crippen molar-refractivity contribution in [1.29, 1.82) is 0 Å². The van der Waals surface area contributed by atoms with Crippen LogP contribution in [0.5, 0.6) is 0 Å². The second kappa shape index (κ2) is 34.1. The molecule has 16 heteroatoms. The van der Waals surface area contributed by atoms with E-state index in [4.69, 9.17) is 39.9 Å². The average molecular weight is 1840 g/mol. The van der Waals surface area contributed by atoms with E-state index >= 15 is 0 Å². The molecule has 0 atom stereocenters. The summed E-state index contributed by atoms with van der Waals surface area (Å²) in [7, 11) is 0. The van der Waals surface area contributed by atoms with Crippen LogP contribution >= 0.6 is 0 Å². The van der Waals surface area contributed by atoms with E-state index in [1.54, 1.807) is 74.4 Å². The molecule has 16 nitrogen and oxygen atoms in total. The smallest absolute Gasteiger partial charge is 0.107 e. The predicted molar refractivity (Wildman–Crippen MR) is 587 cm³/mol. The molecular formula is C128H74N16. The minimum absolute atomic E-state index is 0.746. The van der Waals surface area contributed by atoms with Gasteiger partial charge in [0.2, 0.25) is 0 Å². The molecule has 144 heavy (non-hydrogen) atoms. The quantitative estimate of drug-likeness (QED) is 0.130. The van der Waals surface area contributed by atoms with Gasteiger partial charge in [-0.2, -0.15) is 0 Å². The molecule has 30 aromatic rings. The fourth-order valence-corrected chi connectivity index (χ4v) is 21.3. The maximum Gasteiger partial charge on any atom is 0.107 e. The largest absolute Gasteiger partial charge is 0.261 e. The van der Waals surface area contributed by atoms with Gasteiger partial charge in [-0.05, 0) is 180 Å². The van der Waals surface area contributed by atoms with Crippen LogP contribution < -0.4 is 0 Å². The van der Waals surface area contributed by atoms with Crippen LogP contribution in [0.3, 0.4) is 0 Å². The summed E-state index contributed by atoms with van der Waals surface area (Å²) in [5, 5.41) is 31.0. The molecule has 0 spiro atoms. The molecule has 18 aromatic carbocycles. The van der Waals surface area contributed by atoms with Crippen molar-refractivity contribution in [3.63, 3.8) is 0 Å². The Labute approximate surface area is 821 Å². The Kier molecular flexibility index (Phi) is 19.5. The third-order valence-corrected chi connectivity index (χ3v) is 28.1. The molecule has 0 saturated heterocycles. The Morgan fingerprint density at radius 3 is 0.833 bits per heavy atom. The SMILES string of the molecule is c1cc2ccc3ccc(-c4ccc5ccc6ccc(-c7cnccn7)nc6c5n4)c4ccc(c1)c2c34.c1ccc2c(c1)-c1cccc3c(-c4ccc5ccc6ccc(-c7cnccn7)nc6c5n4)ccc-2c13.c1ccc2c(c1)c1ccccc1c1cc(-c3ccc4ccc5ccc(-c6cnccn6)nc5c4n3)ccc21.c1ccc2c(c1)cc(-c1ccc3ccc4ccc(-c5cnccn5)nc4c3n1)c1ccccc12. The molecule has 1 aliphatic carbocycles. The number of pyridine rings is 8. The van der Waals surface area contributed by atoms with E-state index in [2.05, 4.69) is 392 Å². The molecule has 0 fully saturated rings. The summed E-state index contributed by atoms with van der Waals surface area (Å²) in [6.07, 6.45) is 20.4. The van der Waals surface area contributed by atoms with Crippen LogP contribution in [0.15, 0.2) is 450 Å². The van der Waals surface area contributed by atoms with Crippen LogP contribution in [0.1, 0.15) is 0 Å². The third kappa shape index (κ3) is 14.1. The normalized spacial score (nSPS) is 11.8. The van der Waals surface area contributed by atoms with Crippen LogP contribution in [-0.4, -0.2) is 79.7 Å². The van der Waals surface area contributed by atoms with E-state index in [9.17, 15) is 0 Å². The second-order valence-corrected chi connectivity index (χ2v) is 36.2. The summed E-state index contributed by atoms with van der Waals surface area (Å²) in [6, 6.07) is 133. The summed E-state index contributed by atoms with van der Waals surface area (Å²) in [4.78, 5) is 75.1. The first-order valence-corrected chi connectivity index (χ1v) is 47.8. The van der Waals surface area contributed by atoms with Gasteiger partial charge >= 0.3 is 0 Å². The number of hydrogen-bond acceptors (Lipinski definition) is 16. The van der Waals surface area contributed by atoms with Gasteiger partial charge in [-0.15, -0.1) is 0 Å². The van der Waals surface area contributed by atoms with Gasteiger partial charge in [0, 0.05) is 115 Å². The molecule has 12 aromatic heterocycles. The summed E-state index contributed by atoms with van der Waals surface area (Å²) in [5.74, 6) is 0. The zero-order chi connectivity index (χ0) is 94.8. The van der Waals surface area contributed by atoms with E-state index in [0.29, 0.717) is 0 Å². The van der Waals surface area contributed by atoms with Crippen molar-refractivity contribution >= 4 is 184 Å². The van der Waals surface area contributed by atoms with Crippen molar-refractivity contribution in [2.24, 2.45) is 0 Å². The van der Waals surface area contributed by atoms with Crippen LogP contribution in [-0.2, 0) is 0 Å². The van der Waals surface area contributed by atoms with Gasteiger partial charge in [-0.25, -0.2) is 39.9 Å². The van der Waals surface area contributed by atoms with Gasteiger partial charge in [-0.1, -0.05) is 315 Å². The van der Waals surface area contributed by atoms with Crippen molar-refractivity contribution < 1.29 is 0 Å². The number of rotatable bonds is 8. The fraction of sp³-hybridized carbons (Fsp3) is 0. The van der Waals surface area contributed by atoms with Gasteiger partial charge in [0.05, 0.1) is 114 Å². The van der Waals surface area contributed by atoms with E-state index in [1.807, 2.05) is 24.3 Å². The molecule has 0 aliphatic heterocycles. The minimum Gasteiger partial charge on any atom is -0.261 e. The lowest BCUT2D eigenvalue weighted by Gasteiger charge is -2.14. The van der Waals surface area contributed by atoms with E-state index in [1.165, 1.54) is 119 Å². The van der Waals surface area contributed by atoms with Gasteiger partial charge in [0.25, 0.3) is 0 Å². The highest BCUT2D eigenvalue weighted by Crippen LogP contribution is 2.51. The van der Waals surface area contributed by atoms with Gasteiger partial charge < -0.3 is 0 Å². The first-order chi connectivity index (χ1) is 71.4. The average Bonchev–Trinajstić information content (AvgIpc) is 1.57. The van der Waals surface area contributed by atoms with Gasteiger partial charge in [0.1, 0.15) is 22.8 Å². The van der Waals surface area contributed by atoms with Crippen molar-refractivity contribution in [3.05, 3.63) is 450 Å². The van der Waals surface area contributed by atoms with E-state index in [-0.39, 0.29) is 0 Å². The fourth-order valence-electron chi connectivity index (χ4n) is 21.3. The lowest BCUT2D eigenvalue weighted by atomic mass is 9.91. The molecule has 1 aliphatic rings. The molecule has 0 radical (unpaired) electrons. The molecule has 12 heterocycles. The lowest BCUT2D eigenvalue weighted by molar-refractivity contribution is 1.19. The van der Waals surface area contributed by atoms with Crippen molar-refractivity contribution in [3.8, 4) is 113 Å². The number of hydrogen-bond donors (Lipinski definition) is 0. The highest BCUT2D eigenvalue weighted by Gasteiger charge is 2.25. The molecule has 666 valence electrons. The highest BCUT2D eigenvalue weighted by molar-refractivity contribution is 6.28. The summed E-state index contributed by atoms with van der Waals surface area (Å²) >= 11 is 0. The molecule has 31 rings (SSSR count). The predicted octanol–water partition coefficient (Wildman–Crippen LogP) is 31.1. The number of benzene rings is 18. The zero-order valence-electron chi connectivity index (χ0n) is 76.9. The molecule has 0 unspecified atom stereocenters. The van der Waals surface area contributed by atoms with Gasteiger partial charge in [-0.3, -0.25) is 39.9 Å². The summed E-state index contributed by atoms with van der Waals surface area (Å²) in [6.45, 7) is 0. The Hall–Kier alpha value is -19.8. The Bertz CT molecular complexity index is 10400. The minimum atomic E-state index is 0.746. The summed E-state index contributed by atoms with van der Waals surface area (Å²) < 4.78 is 0. The van der Waals surface area contributed by atoms with E-state index in [0.717, 1.165) is 178 Å². The topological polar surface area (TPSA) is 206 Å². The van der Waals surface area contributed by atoms with Crippen molar-refractivity contribution in [2.75, 3.05) is 0 Å². The Morgan fingerprint density at radius 2 is 0.396 bits per heavy atom. The molecular weight excluding hydrogens is 1760 g/mol. The highest BCUT2D eigenvalue weighted by atomic mass is 14.9. The Balaban J connectivity index is 0.0000000934. The van der Waals surface area contributed by atoms with Crippen LogP contribution in [0.4, 0.5) is 0 Å². The van der Waals surface area contributed by atoms with Crippen LogP contribution in [0, 0.1) is 0 Å². The number of nitrogens with zero attached hydrogens (tertiary/aromatic N) is 16. The summed E-state index contributed by atoms with van der Waals surface area (Å²) in [5.41, 5.74) is 26.6.